The maximum Gasteiger partial charge on any atom is 0.249 e. The van der Waals surface area contributed by atoms with Crippen molar-refractivity contribution in [3.8, 4) is 10.7 Å². The van der Waals surface area contributed by atoms with Crippen molar-refractivity contribution in [3.63, 3.8) is 0 Å². The molecule has 2 aromatic heterocycles. The molecule has 0 aliphatic heterocycles. The molecular weight excluding hydrogens is 276 g/mol. The Morgan fingerprint density at radius 3 is 2.95 bits per heavy atom. The van der Waals surface area contributed by atoms with Crippen LogP contribution in [0.4, 0.5) is 0 Å². The van der Waals surface area contributed by atoms with Crippen molar-refractivity contribution in [2.75, 3.05) is 0 Å². The predicted molar refractivity (Wildman–Crippen MR) is 73.9 cm³/mol. The minimum Gasteiger partial charge on any atom is -0.344 e. The van der Waals surface area contributed by atoms with E-state index in [4.69, 9.17) is 4.52 Å². The minimum absolute atomic E-state index is 0.0700. The van der Waals surface area contributed by atoms with Crippen molar-refractivity contribution in [1.29, 1.82) is 0 Å². The van der Waals surface area contributed by atoms with Gasteiger partial charge in [-0.15, -0.1) is 11.3 Å². The number of hydrogen-bond donors (Lipinski definition) is 1. The van der Waals surface area contributed by atoms with E-state index in [1.807, 2.05) is 0 Å². The van der Waals surface area contributed by atoms with E-state index in [1.54, 1.807) is 11.7 Å². The molecule has 1 N–H and O–H groups in total. The summed E-state index contributed by atoms with van der Waals surface area (Å²) in [7, 11) is 0. The van der Waals surface area contributed by atoms with Gasteiger partial charge >= 0.3 is 0 Å². The third-order valence-electron chi connectivity index (χ3n) is 3.59. The highest BCUT2D eigenvalue weighted by Crippen LogP contribution is 2.35. The van der Waals surface area contributed by atoms with Gasteiger partial charge in [-0.25, -0.2) is 0 Å². The van der Waals surface area contributed by atoms with Crippen LogP contribution in [-0.2, 0) is 4.79 Å². The third-order valence-corrected chi connectivity index (χ3v) is 4.36. The Hall–Kier alpha value is -1.76. The second kappa shape index (κ2) is 5.70. The van der Waals surface area contributed by atoms with Crippen LogP contribution in [0.25, 0.3) is 10.7 Å². The quantitative estimate of drug-likeness (QED) is 0.936. The molecule has 2 heterocycles. The van der Waals surface area contributed by atoms with Crippen LogP contribution < -0.4 is 5.32 Å². The van der Waals surface area contributed by atoms with E-state index < -0.39 is 0 Å². The van der Waals surface area contributed by atoms with Gasteiger partial charge < -0.3 is 9.84 Å². The summed E-state index contributed by atoms with van der Waals surface area (Å²) >= 11 is 1.46. The summed E-state index contributed by atoms with van der Waals surface area (Å²) in [4.78, 5) is 20.7. The van der Waals surface area contributed by atoms with E-state index in [1.165, 1.54) is 31.1 Å². The first-order chi connectivity index (χ1) is 9.74. The van der Waals surface area contributed by atoms with E-state index in [2.05, 4.69) is 20.4 Å². The summed E-state index contributed by atoms with van der Waals surface area (Å²) < 4.78 is 5.37. The van der Waals surface area contributed by atoms with Crippen LogP contribution in [0.2, 0.25) is 0 Å². The van der Waals surface area contributed by atoms with Gasteiger partial charge in [0.2, 0.25) is 17.6 Å². The fourth-order valence-electron chi connectivity index (χ4n) is 2.68. The van der Waals surface area contributed by atoms with Gasteiger partial charge in [0.25, 0.3) is 0 Å². The van der Waals surface area contributed by atoms with Crippen LogP contribution in [0.3, 0.4) is 0 Å². The van der Waals surface area contributed by atoms with Crippen molar-refractivity contribution in [1.82, 2.24) is 20.4 Å². The molecule has 106 valence electrons. The summed E-state index contributed by atoms with van der Waals surface area (Å²) in [5.41, 5.74) is 1.73. The Kier molecular flexibility index (Phi) is 3.77. The van der Waals surface area contributed by atoms with Gasteiger partial charge in [-0.05, 0) is 18.8 Å². The molecule has 1 aliphatic carbocycles. The molecule has 20 heavy (non-hydrogen) atoms. The number of thiazole rings is 1. The number of aromatic nitrogens is 3. The van der Waals surface area contributed by atoms with E-state index in [0.717, 1.165) is 17.7 Å². The van der Waals surface area contributed by atoms with Crippen LogP contribution in [-0.4, -0.2) is 21.0 Å². The normalized spacial score (nSPS) is 17.2. The molecule has 0 bridgehead atoms. The monoisotopic (exact) mass is 292 g/mol. The molecule has 1 amide bonds. The summed E-state index contributed by atoms with van der Waals surface area (Å²) in [5, 5.41) is 6.94. The molecule has 1 unspecified atom stereocenters. The lowest BCUT2D eigenvalue weighted by Crippen LogP contribution is -2.31. The molecule has 1 atom stereocenters. The van der Waals surface area contributed by atoms with Gasteiger partial charge in [0.1, 0.15) is 6.04 Å². The lowest BCUT2D eigenvalue weighted by molar-refractivity contribution is -0.120. The molecule has 0 spiro atoms. The van der Waals surface area contributed by atoms with Crippen LogP contribution in [0.15, 0.2) is 16.2 Å². The van der Waals surface area contributed by atoms with Crippen molar-refractivity contribution in [3.05, 3.63) is 17.6 Å². The van der Waals surface area contributed by atoms with Gasteiger partial charge in [0.05, 0.1) is 10.4 Å². The van der Waals surface area contributed by atoms with Crippen molar-refractivity contribution in [2.45, 2.75) is 38.6 Å². The fourth-order valence-corrected chi connectivity index (χ4v) is 3.22. The number of carbonyl (C=O) groups is 1. The smallest absolute Gasteiger partial charge is 0.249 e. The van der Waals surface area contributed by atoms with Gasteiger partial charge in [-0.1, -0.05) is 18.0 Å². The summed E-state index contributed by atoms with van der Waals surface area (Å²) in [6.45, 7) is 1.52. The first-order valence-corrected chi connectivity index (χ1v) is 7.61. The lowest BCUT2D eigenvalue weighted by atomic mass is 9.98. The number of nitrogens with one attached hydrogen (secondary N) is 1. The van der Waals surface area contributed by atoms with Crippen LogP contribution in [0.5, 0.6) is 0 Å². The third kappa shape index (κ3) is 2.72. The Bertz CT molecular complexity index is 575. The lowest BCUT2D eigenvalue weighted by Gasteiger charge is -2.20. The highest BCUT2D eigenvalue weighted by Gasteiger charge is 2.31. The second-order valence-corrected chi connectivity index (χ2v) is 5.93. The Morgan fingerprint density at radius 2 is 2.30 bits per heavy atom. The van der Waals surface area contributed by atoms with Crippen LogP contribution in [0, 0.1) is 5.92 Å². The number of amides is 1. The molecule has 6 nitrogen and oxygen atoms in total. The molecule has 2 aromatic rings. The molecule has 7 heteroatoms. The zero-order chi connectivity index (χ0) is 13.9. The van der Waals surface area contributed by atoms with Gasteiger partial charge in [-0.3, -0.25) is 9.78 Å². The van der Waals surface area contributed by atoms with Crippen LogP contribution in [0.1, 0.15) is 44.5 Å². The van der Waals surface area contributed by atoms with Gasteiger partial charge in [0.15, 0.2) is 0 Å². The highest BCUT2D eigenvalue weighted by molar-refractivity contribution is 7.13. The van der Waals surface area contributed by atoms with E-state index in [0.29, 0.717) is 17.6 Å². The predicted octanol–water partition coefficient (Wildman–Crippen LogP) is 2.56. The number of hydrogen-bond acceptors (Lipinski definition) is 6. The molecule has 1 fully saturated rings. The first kappa shape index (κ1) is 13.2. The SMILES string of the molecule is CC(=O)NC(c1nc(-c2cncs2)no1)C1CCCC1. The van der Waals surface area contributed by atoms with Gasteiger partial charge in [0, 0.05) is 13.1 Å². The van der Waals surface area contributed by atoms with E-state index in [-0.39, 0.29) is 11.9 Å². The van der Waals surface area contributed by atoms with Gasteiger partial charge in [-0.2, -0.15) is 4.98 Å². The molecule has 0 saturated heterocycles. The van der Waals surface area contributed by atoms with E-state index in [9.17, 15) is 4.79 Å². The number of nitrogens with zero attached hydrogens (tertiary/aromatic N) is 3. The summed E-state index contributed by atoms with van der Waals surface area (Å²) in [5.74, 6) is 1.35. The summed E-state index contributed by atoms with van der Waals surface area (Å²) in [6.07, 6.45) is 6.27. The van der Waals surface area contributed by atoms with Crippen LogP contribution >= 0.6 is 11.3 Å². The molecule has 0 aromatic carbocycles. The molecule has 3 rings (SSSR count). The Balaban J connectivity index is 1.85. The molecule has 1 aliphatic rings. The average molecular weight is 292 g/mol. The fraction of sp³-hybridized carbons (Fsp3) is 0.538. The topological polar surface area (TPSA) is 80.9 Å². The standard InChI is InChI=1S/C13H16N4O2S/c1-8(18)15-11(9-4-2-3-5-9)13-16-12(17-19-13)10-6-14-7-20-10/h6-7,9,11H,2-5H2,1H3,(H,15,18). The largest absolute Gasteiger partial charge is 0.344 e. The highest BCUT2D eigenvalue weighted by atomic mass is 32.1. The Morgan fingerprint density at radius 1 is 1.50 bits per heavy atom. The average Bonchev–Trinajstić information content (AvgIpc) is 3.16. The molecule has 0 radical (unpaired) electrons. The maximum atomic E-state index is 11.4. The summed E-state index contributed by atoms with van der Waals surface area (Å²) in [6, 6.07) is -0.177. The molecular formula is C13H16N4O2S. The first-order valence-electron chi connectivity index (χ1n) is 6.73. The zero-order valence-corrected chi connectivity index (χ0v) is 12.0. The van der Waals surface area contributed by atoms with Crippen molar-refractivity contribution in [2.24, 2.45) is 5.92 Å². The van der Waals surface area contributed by atoms with Crippen molar-refractivity contribution < 1.29 is 9.32 Å². The molecule has 1 saturated carbocycles. The Labute approximate surface area is 120 Å². The van der Waals surface area contributed by atoms with E-state index >= 15 is 0 Å². The zero-order valence-electron chi connectivity index (χ0n) is 11.2. The number of rotatable bonds is 4. The number of carbonyl (C=O) groups excluding carboxylic acids is 1. The maximum absolute atomic E-state index is 11.4. The second-order valence-electron chi connectivity index (χ2n) is 5.04. The van der Waals surface area contributed by atoms with Crippen molar-refractivity contribution >= 4 is 17.2 Å². The minimum atomic E-state index is -0.177.